The van der Waals surface area contributed by atoms with Crippen molar-refractivity contribution in [3.63, 3.8) is 0 Å². The molecule has 0 aliphatic heterocycles. The maximum Gasteiger partial charge on any atom is 0.330 e. The molecule has 0 saturated heterocycles. The van der Waals surface area contributed by atoms with E-state index in [4.69, 9.17) is 5.73 Å². The molecule has 5 heteroatoms. The lowest BCUT2D eigenvalue weighted by atomic mass is 9.86. The van der Waals surface area contributed by atoms with Crippen molar-refractivity contribution in [1.82, 2.24) is 5.32 Å². The van der Waals surface area contributed by atoms with E-state index in [9.17, 15) is 9.59 Å². The third-order valence-electron chi connectivity index (χ3n) is 2.35. The zero-order chi connectivity index (χ0) is 13.1. The van der Waals surface area contributed by atoms with Gasteiger partial charge in [0.15, 0.2) is 0 Å². The van der Waals surface area contributed by atoms with Crippen molar-refractivity contribution in [1.29, 1.82) is 0 Å². The molecule has 0 aromatic heterocycles. The van der Waals surface area contributed by atoms with Crippen molar-refractivity contribution in [2.24, 2.45) is 11.1 Å². The number of esters is 1. The van der Waals surface area contributed by atoms with Crippen molar-refractivity contribution in [2.75, 3.05) is 7.11 Å². The van der Waals surface area contributed by atoms with Gasteiger partial charge in [-0.1, -0.05) is 20.8 Å². The Morgan fingerprint density at radius 3 is 1.94 bits per heavy atom. The minimum absolute atomic E-state index is 0.351. The number of carbonyl (C=O) groups is 2. The Labute approximate surface area is 96.7 Å². The third kappa shape index (κ3) is 3.81. The highest BCUT2D eigenvalue weighted by atomic mass is 16.5. The van der Waals surface area contributed by atoms with Crippen LogP contribution in [0.2, 0.25) is 0 Å². The Morgan fingerprint density at radius 2 is 1.62 bits per heavy atom. The van der Waals surface area contributed by atoms with Crippen molar-refractivity contribution < 1.29 is 14.3 Å². The maximum absolute atomic E-state index is 11.8. The lowest BCUT2D eigenvalue weighted by Gasteiger charge is -2.30. The fourth-order valence-corrected chi connectivity index (χ4v) is 1.09. The molecule has 94 valence electrons. The molecule has 16 heavy (non-hydrogen) atoms. The number of rotatable bonds is 3. The molecule has 0 aromatic rings. The summed E-state index contributed by atoms with van der Waals surface area (Å²) in [4.78, 5) is 23.1. The average Bonchev–Trinajstić information content (AvgIpc) is 2.12. The molecule has 0 bridgehead atoms. The van der Waals surface area contributed by atoms with Gasteiger partial charge in [-0.05, 0) is 19.3 Å². The second-order valence-electron chi connectivity index (χ2n) is 5.45. The molecule has 0 aromatic carbocycles. The van der Waals surface area contributed by atoms with Gasteiger partial charge in [-0.3, -0.25) is 4.79 Å². The quantitative estimate of drug-likeness (QED) is 0.689. The minimum Gasteiger partial charge on any atom is -0.467 e. The predicted octanol–water partition coefficient (Wildman–Crippen LogP) is 0.428. The molecule has 5 nitrogen and oxygen atoms in total. The van der Waals surface area contributed by atoms with Crippen LogP contribution in [0, 0.1) is 5.41 Å². The molecule has 0 spiro atoms. The lowest BCUT2D eigenvalue weighted by molar-refractivity contribution is -0.149. The van der Waals surface area contributed by atoms with Crippen LogP contribution >= 0.6 is 0 Å². The Kier molecular flexibility index (Phi) is 4.49. The first-order valence-corrected chi connectivity index (χ1v) is 5.18. The Bertz CT molecular complexity index is 279. The van der Waals surface area contributed by atoms with E-state index in [0.29, 0.717) is 0 Å². The Morgan fingerprint density at radius 1 is 1.19 bits per heavy atom. The van der Waals surface area contributed by atoms with E-state index in [1.807, 2.05) is 20.8 Å². The SMILES string of the molecule is COC(=O)C(C)(C)NC(=O)[C@@H](N)C(C)(C)C. The summed E-state index contributed by atoms with van der Waals surface area (Å²) in [5.41, 5.74) is 4.37. The van der Waals surface area contributed by atoms with Crippen molar-refractivity contribution in [2.45, 2.75) is 46.2 Å². The van der Waals surface area contributed by atoms with Gasteiger partial charge >= 0.3 is 5.97 Å². The van der Waals surface area contributed by atoms with Crippen LogP contribution in [-0.2, 0) is 14.3 Å². The monoisotopic (exact) mass is 230 g/mol. The second-order valence-corrected chi connectivity index (χ2v) is 5.45. The van der Waals surface area contributed by atoms with E-state index in [-0.39, 0.29) is 11.3 Å². The highest BCUT2D eigenvalue weighted by Gasteiger charge is 2.35. The van der Waals surface area contributed by atoms with Crippen LogP contribution in [0.5, 0.6) is 0 Å². The minimum atomic E-state index is -1.06. The molecule has 3 N–H and O–H groups in total. The number of nitrogens with one attached hydrogen (secondary N) is 1. The average molecular weight is 230 g/mol. The number of amides is 1. The highest BCUT2D eigenvalue weighted by Crippen LogP contribution is 2.18. The van der Waals surface area contributed by atoms with Gasteiger partial charge in [-0.2, -0.15) is 0 Å². The summed E-state index contributed by atoms with van der Waals surface area (Å²) in [7, 11) is 1.28. The van der Waals surface area contributed by atoms with E-state index < -0.39 is 17.6 Å². The Hall–Kier alpha value is -1.10. The number of carbonyl (C=O) groups excluding carboxylic acids is 2. The van der Waals surface area contributed by atoms with Crippen molar-refractivity contribution in [3.8, 4) is 0 Å². The van der Waals surface area contributed by atoms with Crippen LogP contribution < -0.4 is 11.1 Å². The first kappa shape index (κ1) is 14.9. The fraction of sp³-hybridized carbons (Fsp3) is 0.818. The van der Waals surface area contributed by atoms with E-state index >= 15 is 0 Å². The number of hydrogen-bond acceptors (Lipinski definition) is 4. The van der Waals surface area contributed by atoms with E-state index in [1.54, 1.807) is 13.8 Å². The molecule has 0 unspecified atom stereocenters. The molecule has 0 aliphatic carbocycles. The summed E-state index contributed by atoms with van der Waals surface area (Å²) in [6, 6.07) is -0.670. The van der Waals surface area contributed by atoms with Gasteiger partial charge in [0.1, 0.15) is 5.54 Å². The summed E-state index contributed by atoms with van der Waals surface area (Å²) < 4.78 is 4.59. The lowest BCUT2D eigenvalue weighted by Crippen LogP contribution is -2.57. The predicted molar refractivity (Wildman–Crippen MR) is 61.7 cm³/mol. The number of methoxy groups -OCH3 is 1. The van der Waals surface area contributed by atoms with Crippen LogP contribution in [0.1, 0.15) is 34.6 Å². The topological polar surface area (TPSA) is 81.4 Å². The van der Waals surface area contributed by atoms with Crippen molar-refractivity contribution in [3.05, 3.63) is 0 Å². The zero-order valence-electron chi connectivity index (χ0n) is 10.9. The van der Waals surface area contributed by atoms with Crippen LogP contribution in [0.4, 0.5) is 0 Å². The van der Waals surface area contributed by atoms with Gasteiger partial charge in [-0.25, -0.2) is 4.79 Å². The van der Waals surface area contributed by atoms with E-state index in [2.05, 4.69) is 10.1 Å². The maximum atomic E-state index is 11.8. The van der Waals surface area contributed by atoms with Gasteiger partial charge in [0.25, 0.3) is 0 Å². The van der Waals surface area contributed by atoms with Crippen LogP contribution in [0.3, 0.4) is 0 Å². The second kappa shape index (κ2) is 4.82. The molecule has 0 aliphatic rings. The standard InChI is InChI=1S/C11H22N2O3/c1-10(2,3)7(12)8(14)13-11(4,5)9(15)16-6/h7H,12H2,1-6H3,(H,13,14)/t7-/m1/s1. The third-order valence-corrected chi connectivity index (χ3v) is 2.35. The molecule has 0 saturated carbocycles. The molecule has 1 atom stereocenters. The smallest absolute Gasteiger partial charge is 0.330 e. The highest BCUT2D eigenvalue weighted by molar-refractivity contribution is 5.90. The molecule has 1 amide bonds. The van der Waals surface area contributed by atoms with Crippen LogP contribution in [0.15, 0.2) is 0 Å². The van der Waals surface area contributed by atoms with Gasteiger partial charge in [0, 0.05) is 0 Å². The van der Waals surface area contributed by atoms with Crippen LogP contribution in [0.25, 0.3) is 0 Å². The van der Waals surface area contributed by atoms with Gasteiger partial charge in [0.2, 0.25) is 5.91 Å². The molecular weight excluding hydrogens is 208 g/mol. The first-order valence-electron chi connectivity index (χ1n) is 5.18. The summed E-state index contributed by atoms with van der Waals surface area (Å²) in [5.74, 6) is -0.857. The Balaban J connectivity index is 4.63. The summed E-state index contributed by atoms with van der Waals surface area (Å²) in [5, 5.41) is 2.57. The molecular formula is C11H22N2O3. The number of nitrogens with two attached hydrogens (primary N) is 1. The first-order chi connectivity index (χ1) is 7.02. The van der Waals surface area contributed by atoms with Crippen LogP contribution in [-0.4, -0.2) is 30.6 Å². The van der Waals surface area contributed by atoms with Gasteiger partial charge in [-0.15, -0.1) is 0 Å². The number of ether oxygens (including phenoxy) is 1. The molecule has 0 fully saturated rings. The largest absolute Gasteiger partial charge is 0.467 e. The zero-order valence-corrected chi connectivity index (χ0v) is 10.9. The van der Waals surface area contributed by atoms with Crippen molar-refractivity contribution >= 4 is 11.9 Å². The van der Waals surface area contributed by atoms with E-state index in [1.165, 1.54) is 7.11 Å². The summed E-state index contributed by atoms with van der Waals surface area (Å²) in [6.07, 6.45) is 0. The van der Waals surface area contributed by atoms with E-state index in [0.717, 1.165) is 0 Å². The normalized spacial score (nSPS) is 14.2. The summed E-state index contributed by atoms with van der Waals surface area (Å²) >= 11 is 0. The molecule has 0 heterocycles. The van der Waals surface area contributed by atoms with Gasteiger partial charge in [0.05, 0.1) is 13.2 Å². The molecule has 0 rings (SSSR count). The van der Waals surface area contributed by atoms with Gasteiger partial charge < -0.3 is 15.8 Å². The molecule has 0 radical (unpaired) electrons. The number of hydrogen-bond donors (Lipinski definition) is 2. The summed E-state index contributed by atoms with van der Waals surface area (Å²) in [6.45, 7) is 8.74. The fourth-order valence-electron chi connectivity index (χ4n) is 1.09.